The second kappa shape index (κ2) is 9.64. The zero-order valence-electron chi connectivity index (χ0n) is 15.9. The first-order valence-corrected chi connectivity index (χ1v) is 10.3. The second-order valence-electron chi connectivity index (χ2n) is 6.00. The molecule has 1 N–H and O–H groups in total. The van der Waals surface area contributed by atoms with E-state index in [2.05, 4.69) is 5.32 Å². The molecule has 0 aliphatic carbocycles. The maximum atomic E-state index is 12.6. The SMILES string of the molecule is CCN(CC)S(=O)(=O)c1cccc(C(=O)NCc2ccccc2COC)c1. The van der Waals surface area contributed by atoms with Gasteiger partial charge in [0.05, 0.1) is 11.5 Å². The average Bonchev–Trinajstić information content (AvgIpc) is 2.68. The maximum absolute atomic E-state index is 12.6. The van der Waals surface area contributed by atoms with Gasteiger partial charge < -0.3 is 10.1 Å². The first kappa shape index (κ1) is 21.1. The normalized spacial score (nSPS) is 11.6. The number of sulfonamides is 1. The minimum Gasteiger partial charge on any atom is -0.380 e. The molecule has 0 saturated carbocycles. The number of hydrogen-bond donors (Lipinski definition) is 1. The maximum Gasteiger partial charge on any atom is 0.251 e. The summed E-state index contributed by atoms with van der Waals surface area (Å²) in [6.07, 6.45) is 0. The van der Waals surface area contributed by atoms with Crippen LogP contribution in [0.4, 0.5) is 0 Å². The van der Waals surface area contributed by atoms with Gasteiger partial charge in [0.1, 0.15) is 0 Å². The summed E-state index contributed by atoms with van der Waals surface area (Å²) in [7, 11) is -1.98. The minimum absolute atomic E-state index is 0.124. The van der Waals surface area contributed by atoms with Crippen molar-refractivity contribution in [1.82, 2.24) is 9.62 Å². The third-order valence-electron chi connectivity index (χ3n) is 4.30. The van der Waals surface area contributed by atoms with Crippen molar-refractivity contribution in [2.24, 2.45) is 0 Å². The van der Waals surface area contributed by atoms with Crippen molar-refractivity contribution in [2.45, 2.75) is 31.9 Å². The molecular formula is C20H26N2O4S. The van der Waals surface area contributed by atoms with E-state index in [1.807, 2.05) is 24.3 Å². The van der Waals surface area contributed by atoms with Crippen LogP contribution in [0, 0.1) is 0 Å². The smallest absolute Gasteiger partial charge is 0.251 e. The van der Waals surface area contributed by atoms with E-state index in [1.54, 1.807) is 33.1 Å². The number of ether oxygens (including phenoxy) is 1. The zero-order chi connectivity index (χ0) is 19.9. The van der Waals surface area contributed by atoms with E-state index in [0.717, 1.165) is 11.1 Å². The predicted octanol–water partition coefficient (Wildman–Crippen LogP) is 2.79. The first-order valence-electron chi connectivity index (χ1n) is 8.88. The van der Waals surface area contributed by atoms with Gasteiger partial charge in [0.25, 0.3) is 5.91 Å². The first-order chi connectivity index (χ1) is 12.9. The van der Waals surface area contributed by atoms with Crippen LogP contribution in [0.15, 0.2) is 53.4 Å². The van der Waals surface area contributed by atoms with Gasteiger partial charge in [-0.25, -0.2) is 8.42 Å². The zero-order valence-corrected chi connectivity index (χ0v) is 16.8. The highest BCUT2D eigenvalue weighted by molar-refractivity contribution is 7.89. The van der Waals surface area contributed by atoms with Gasteiger partial charge in [-0.15, -0.1) is 0 Å². The fraction of sp³-hybridized carbons (Fsp3) is 0.350. The van der Waals surface area contributed by atoms with Crippen LogP contribution < -0.4 is 5.32 Å². The summed E-state index contributed by atoms with van der Waals surface area (Å²) < 4.78 is 31.8. The van der Waals surface area contributed by atoms with E-state index in [9.17, 15) is 13.2 Å². The number of carbonyl (C=O) groups excluding carboxylic acids is 1. The van der Waals surface area contributed by atoms with E-state index >= 15 is 0 Å². The van der Waals surface area contributed by atoms with Gasteiger partial charge in [-0.2, -0.15) is 4.31 Å². The van der Waals surface area contributed by atoms with Crippen LogP contribution in [0.25, 0.3) is 0 Å². The summed E-state index contributed by atoms with van der Waals surface area (Å²) in [5, 5.41) is 2.85. The number of benzene rings is 2. The molecule has 2 aromatic rings. The van der Waals surface area contributed by atoms with E-state index in [1.165, 1.54) is 16.4 Å². The molecule has 146 valence electrons. The van der Waals surface area contributed by atoms with Crippen LogP contribution in [0.5, 0.6) is 0 Å². The molecule has 0 unspecified atom stereocenters. The lowest BCUT2D eigenvalue weighted by molar-refractivity contribution is 0.0950. The van der Waals surface area contributed by atoms with Gasteiger partial charge in [0.2, 0.25) is 10.0 Å². The number of rotatable bonds is 9. The van der Waals surface area contributed by atoms with Gasteiger partial charge >= 0.3 is 0 Å². The van der Waals surface area contributed by atoms with Crippen molar-refractivity contribution >= 4 is 15.9 Å². The van der Waals surface area contributed by atoms with E-state index in [4.69, 9.17) is 4.74 Å². The number of methoxy groups -OCH3 is 1. The molecule has 2 aromatic carbocycles. The largest absolute Gasteiger partial charge is 0.380 e. The molecule has 7 heteroatoms. The van der Waals surface area contributed by atoms with Crippen molar-refractivity contribution in [3.8, 4) is 0 Å². The lowest BCUT2D eigenvalue weighted by Crippen LogP contribution is -2.31. The Morgan fingerprint density at radius 1 is 1.04 bits per heavy atom. The van der Waals surface area contributed by atoms with Gasteiger partial charge in [-0.05, 0) is 29.3 Å². The van der Waals surface area contributed by atoms with Gasteiger partial charge in [0, 0.05) is 32.3 Å². The molecular weight excluding hydrogens is 364 g/mol. The molecule has 0 aliphatic heterocycles. The number of hydrogen-bond acceptors (Lipinski definition) is 4. The highest BCUT2D eigenvalue weighted by atomic mass is 32.2. The molecule has 6 nitrogen and oxygen atoms in total. The van der Waals surface area contributed by atoms with Gasteiger partial charge in [0.15, 0.2) is 0 Å². The molecule has 0 spiro atoms. The molecule has 27 heavy (non-hydrogen) atoms. The van der Waals surface area contributed by atoms with E-state index in [-0.39, 0.29) is 10.8 Å². The van der Waals surface area contributed by atoms with Crippen molar-refractivity contribution in [3.05, 3.63) is 65.2 Å². The quantitative estimate of drug-likeness (QED) is 0.714. The Morgan fingerprint density at radius 2 is 1.70 bits per heavy atom. The monoisotopic (exact) mass is 390 g/mol. The van der Waals surface area contributed by atoms with Crippen LogP contribution in [-0.4, -0.2) is 38.8 Å². The fourth-order valence-corrected chi connectivity index (χ4v) is 4.32. The van der Waals surface area contributed by atoms with Gasteiger partial charge in [-0.3, -0.25) is 4.79 Å². The lowest BCUT2D eigenvalue weighted by atomic mass is 10.1. The Morgan fingerprint density at radius 3 is 2.33 bits per heavy atom. The Kier molecular flexibility index (Phi) is 7.53. The Bertz CT molecular complexity index is 877. The predicted molar refractivity (Wildman–Crippen MR) is 105 cm³/mol. The molecule has 0 heterocycles. The molecule has 0 saturated heterocycles. The highest BCUT2D eigenvalue weighted by Crippen LogP contribution is 2.17. The number of amides is 1. The second-order valence-corrected chi connectivity index (χ2v) is 7.94. The average molecular weight is 391 g/mol. The molecule has 1 amide bonds. The minimum atomic E-state index is -3.60. The molecule has 0 bridgehead atoms. The van der Waals surface area contributed by atoms with Crippen molar-refractivity contribution in [1.29, 1.82) is 0 Å². The van der Waals surface area contributed by atoms with Gasteiger partial charge in [-0.1, -0.05) is 44.2 Å². The standard InChI is InChI=1S/C20H26N2O4S/c1-4-22(5-2)27(24,25)19-12-8-11-16(13-19)20(23)21-14-17-9-6-7-10-18(17)15-26-3/h6-13H,4-5,14-15H2,1-3H3,(H,21,23). The summed E-state index contributed by atoms with van der Waals surface area (Å²) in [5.41, 5.74) is 2.27. The highest BCUT2D eigenvalue weighted by Gasteiger charge is 2.22. The molecule has 2 rings (SSSR count). The Balaban J connectivity index is 2.17. The summed E-state index contributed by atoms with van der Waals surface area (Å²) in [6, 6.07) is 13.8. The third kappa shape index (κ3) is 5.15. The number of nitrogens with one attached hydrogen (secondary N) is 1. The number of nitrogens with zero attached hydrogens (tertiary/aromatic N) is 1. The van der Waals surface area contributed by atoms with Crippen molar-refractivity contribution in [3.63, 3.8) is 0 Å². The fourth-order valence-electron chi connectivity index (χ4n) is 2.81. The summed E-state index contributed by atoms with van der Waals surface area (Å²) in [4.78, 5) is 12.6. The van der Waals surface area contributed by atoms with Crippen molar-refractivity contribution < 1.29 is 17.9 Å². The lowest BCUT2D eigenvalue weighted by Gasteiger charge is -2.18. The van der Waals surface area contributed by atoms with Crippen LogP contribution in [0.1, 0.15) is 35.3 Å². The van der Waals surface area contributed by atoms with E-state index < -0.39 is 10.0 Å². The topological polar surface area (TPSA) is 75.7 Å². The summed E-state index contributed by atoms with van der Waals surface area (Å²) >= 11 is 0. The van der Waals surface area contributed by atoms with Crippen LogP contribution in [0.3, 0.4) is 0 Å². The summed E-state index contributed by atoms with van der Waals surface area (Å²) in [6.45, 7) is 5.14. The molecule has 0 aromatic heterocycles. The Labute approximate surface area is 161 Å². The van der Waals surface area contributed by atoms with Crippen LogP contribution in [0.2, 0.25) is 0 Å². The number of carbonyl (C=O) groups is 1. The molecule has 0 fully saturated rings. The molecule has 0 atom stereocenters. The summed E-state index contributed by atoms with van der Waals surface area (Å²) in [5.74, 6) is -0.321. The van der Waals surface area contributed by atoms with Crippen molar-refractivity contribution in [2.75, 3.05) is 20.2 Å². The third-order valence-corrected chi connectivity index (χ3v) is 6.34. The van der Waals surface area contributed by atoms with E-state index in [0.29, 0.717) is 31.8 Å². The molecule has 0 radical (unpaired) electrons. The van der Waals surface area contributed by atoms with Crippen LogP contribution >= 0.6 is 0 Å². The Hall–Kier alpha value is -2.22. The molecule has 0 aliphatic rings. The van der Waals surface area contributed by atoms with Crippen LogP contribution in [-0.2, 0) is 27.9 Å².